The van der Waals surface area contributed by atoms with Gasteiger partial charge in [0.2, 0.25) is 0 Å². The van der Waals surface area contributed by atoms with Crippen LogP contribution in [0.15, 0.2) is 0 Å². The van der Waals surface area contributed by atoms with Crippen LogP contribution >= 0.6 is 24.0 Å². The summed E-state index contributed by atoms with van der Waals surface area (Å²) < 4.78 is 0. The van der Waals surface area contributed by atoms with E-state index in [1.54, 1.807) is 0 Å². The van der Waals surface area contributed by atoms with E-state index in [-0.39, 0.29) is 90.2 Å². The maximum Gasteiger partial charge on any atom is 1.00 e. The molecule has 4 heteroatoms. The average molecular weight is 316 g/mol. The molecule has 0 aliphatic rings. The van der Waals surface area contributed by atoms with E-state index < -0.39 is 0 Å². The van der Waals surface area contributed by atoms with Gasteiger partial charge < -0.3 is 18.1 Å². The summed E-state index contributed by atoms with van der Waals surface area (Å²) in [6, 6.07) is 0.685. The van der Waals surface area contributed by atoms with Crippen LogP contribution in [0.2, 0.25) is 0 Å². The monoisotopic (exact) mass is 316 g/mol. The summed E-state index contributed by atoms with van der Waals surface area (Å²) >= 11 is 0. The summed E-state index contributed by atoms with van der Waals surface area (Å²) in [6.45, 7) is 4.33. The maximum absolute atomic E-state index is 4.50. The van der Waals surface area contributed by atoms with E-state index in [2.05, 4.69) is 38.6 Å². The smallest absolute Gasteiger partial charge is 0.358 e. The van der Waals surface area contributed by atoms with Gasteiger partial charge >= 0.3 is 51.4 Å². The van der Waals surface area contributed by atoms with E-state index in [0.29, 0.717) is 6.04 Å². The Balaban J connectivity index is -0.0000000140. The summed E-state index contributed by atoms with van der Waals surface area (Å²) in [7, 11) is 5.65. The fourth-order valence-electron chi connectivity index (χ4n) is 0. The zero-order valence-corrected chi connectivity index (χ0v) is 14.5. The van der Waals surface area contributed by atoms with Gasteiger partial charge in [-0.1, -0.05) is 7.43 Å². The molecule has 0 heterocycles. The van der Waals surface area contributed by atoms with E-state index in [1.807, 2.05) is 0 Å². The van der Waals surface area contributed by atoms with E-state index in [9.17, 15) is 0 Å². The van der Waals surface area contributed by atoms with E-state index >= 15 is 0 Å². The Morgan fingerprint density at radius 3 is 1.17 bits per heavy atom. The number of hydrogen-bond donors (Lipinski definition) is 1. The van der Waals surface area contributed by atoms with Crippen molar-refractivity contribution in [2.75, 3.05) is 21.1 Å². The van der Waals surface area contributed by atoms with E-state index in [4.69, 9.17) is 0 Å². The van der Waals surface area contributed by atoms with Gasteiger partial charge in [0, 0.05) is 6.04 Å². The van der Waals surface area contributed by atoms with Gasteiger partial charge in [0.05, 0.1) is 0 Å². The van der Waals surface area contributed by atoms with Crippen molar-refractivity contribution < 1.29 is 51.4 Å². The number of nitrogens with zero attached hydrogens (tertiary/aromatic N) is 1. The van der Waals surface area contributed by atoms with E-state index in [1.165, 1.54) is 7.05 Å². The molecule has 76 valence electrons. The Bertz CT molecular complexity index is 38.0. The first kappa shape index (κ1) is 36.7. The van der Waals surface area contributed by atoms with Crippen LogP contribution in [0.4, 0.5) is 0 Å². The molecule has 2 nitrogen and oxygen atoms in total. The van der Waals surface area contributed by atoms with Crippen molar-refractivity contribution in [3.05, 3.63) is 7.43 Å². The van der Waals surface area contributed by atoms with Crippen LogP contribution in [0, 0.1) is 7.43 Å². The van der Waals surface area contributed by atoms with Crippen LogP contribution in [0.3, 0.4) is 0 Å². The zero-order valence-electron chi connectivity index (χ0n) is 9.01. The third-order valence-corrected chi connectivity index (χ3v) is 1.03. The van der Waals surface area contributed by atoms with Gasteiger partial charge in [0.25, 0.3) is 0 Å². The molecule has 0 aliphatic carbocycles. The summed E-state index contributed by atoms with van der Waals surface area (Å²) in [4.78, 5) is 2.17. The Morgan fingerprint density at radius 2 is 1.17 bits per heavy atom. The minimum absolute atomic E-state index is 0. The quantitative estimate of drug-likeness (QED) is 0.391. The molecule has 0 radical (unpaired) electrons. The van der Waals surface area contributed by atoms with Gasteiger partial charge in [-0.25, -0.2) is 0 Å². The van der Waals surface area contributed by atoms with Crippen molar-refractivity contribution in [2.45, 2.75) is 27.3 Å². The van der Waals surface area contributed by atoms with Gasteiger partial charge in [0.1, 0.15) is 0 Å². The standard InChI is InChI=1S/C5H13N.CH5N.CH4.CH3.HI.K/c1-5(2)6(3)4;1-2;;;;/h5H,1-4H3;2H2,1H3;1H4;1H3;1H;/q;;;-1;;+1. The van der Waals surface area contributed by atoms with Gasteiger partial charge in [0.15, 0.2) is 0 Å². The van der Waals surface area contributed by atoms with Crippen molar-refractivity contribution >= 4 is 24.0 Å². The molecule has 2 N–H and O–H groups in total. The first-order valence-electron chi connectivity index (χ1n) is 2.88. The predicted molar refractivity (Wildman–Crippen MR) is 67.5 cm³/mol. The molecule has 0 unspecified atom stereocenters. The van der Waals surface area contributed by atoms with E-state index in [0.717, 1.165) is 0 Å². The van der Waals surface area contributed by atoms with Crippen molar-refractivity contribution in [2.24, 2.45) is 5.73 Å². The van der Waals surface area contributed by atoms with Crippen molar-refractivity contribution in [3.8, 4) is 0 Å². The largest absolute Gasteiger partial charge is 1.00 e. The molecule has 0 saturated heterocycles. The van der Waals surface area contributed by atoms with Crippen LogP contribution in [0.1, 0.15) is 21.3 Å². The topological polar surface area (TPSA) is 29.3 Å². The molecule has 0 saturated carbocycles. The Morgan fingerprint density at radius 1 is 1.08 bits per heavy atom. The maximum atomic E-state index is 4.50. The SMILES string of the molecule is C.CC(C)N(C)C.CN.I.[CH3-].[K+]. The van der Waals surface area contributed by atoms with Crippen molar-refractivity contribution in [1.29, 1.82) is 0 Å². The fraction of sp³-hybridized carbons (Fsp3) is 0.875. The molecular formula is C8H26IKN2. The predicted octanol–water partition coefficient (Wildman–Crippen LogP) is -0.760. The molecule has 0 aromatic rings. The van der Waals surface area contributed by atoms with Crippen LogP contribution in [-0.4, -0.2) is 32.1 Å². The normalized spacial score (nSPS) is 6.00. The number of rotatable bonds is 1. The molecule has 0 aliphatic heterocycles. The average Bonchev–Trinajstić information content (AvgIpc) is 1.72. The Kier molecular flexibility index (Phi) is 89.4. The number of halogens is 1. The fourth-order valence-corrected chi connectivity index (χ4v) is 0. The second-order valence-corrected chi connectivity index (χ2v) is 2.06. The third kappa shape index (κ3) is 39.6. The summed E-state index contributed by atoms with van der Waals surface area (Å²) in [5, 5.41) is 0. The third-order valence-electron chi connectivity index (χ3n) is 1.03. The molecule has 0 amide bonds. The van der Waals surface area contributed by atoms with Crippen molar-refractivity contribution in [3.63, 3.8) is 0 Å². The molecule has 0 bridgehead atoms. The first-order chi connectivity index (χ1) is 3.64. The zero-order chi connectivity index (χ0) is 7.15. The van der Waals surface area contributed by atoms with Crippen molar-refractivity contribution in [1.82, 2.24) is 4.90 Å². The Hall–Kier alpha value is 2.29. The minimum atomic E-state index is 0. The van der Waals surface area contributed by atoms with Gasteiger partial charge in [-0.05, 0) is 35.0 Å². The van der Waals surface area contributed by atoms with Gasteiger partial charge in [-0.2, -0.15) is 0 Å². The van der Waals surface area contributed by atoms with Crippen LogP contribution in [0.25, 0.3) is 0 Å². The molecule has 12 heavy (non-hydrogen) atoms. The molecule has 0 atom stereocenters. The van der Waals surface area contributed by atoms with Gasteiger partial charge in [-0.15, -0.1) is 24.0 Å². The van der Waals surface area contributed by atoms with Crippen LogP contribution in [-0.2, 0) is 0 Å². The van der Waals surface area contributed by atoms with Crippen LogP contribution in [0.5, 0.6) is 0 Å². The molecule has 0 aromatic carbocycles. The summed E-state index contributed by atoms with van der Waals surface area (Å²) in [5.41, 5.74) is 4.50. The second-order valence-electron chi connectivity index (χ2n) is 2.06. The first-order valence-corrected chi connectivity index (χ1v) is 2.88. The molecule has 0 aromatic heterocycles. The summed E-state index contributed by atoms with van der Waals surface area (Å²) in [6.07, 6.45) is 0. The second kappa shape index (κ2) is 29.2. The molecule has 0 rings (SSSR count). The number of hydrogen-bond acceptors (Lipinski definition) is 2. The molecular weight excluding hydrogens is 290 g/mol. The molecule has 0 fully saturated rings. The minimum Gasteiger partial charge on any atom is -0.358 e. The Labute approximate surface area is 139 Å². The number of nitrogens with two attached hydrogens (primary N) is 1. The molecule has 0 spiro atoms. The summed E-state index contributed by atoms with van der Waals surface area (Å²) in [5.74, 6) is 0. The van der Waals surface area contributed by atoms with Crippen LogP contribution < -0.4 is 57.1 Å². The van der Waals surface area contributed by atoms with Gasteiger partial charge in [-0.3, -0.25) is 0 Å².